The summed E-state index contributed by atoms with van der Waals surface area (Å²) in [4.78, 5) is 0. The largest absolute Gasteiger partial charge is 0.497 e. The van der Waals surface area contributed by atoms with Gasteiger partial charge in [0, 0.05) is 28.4 Å². The third-order valence-corrected chi connectivity index (χ3v) is 3.49. The first-order valence-corrected chi connectivity index (χ1v) is 6.93. The van der Waals surface area contributed by atoms with Crippen LogP contribution in [-0.2, 0) is 6.42 Å². The molecule has 0 atom stereocenters. The molecular formula is C13H13BrClNO2. The SMILES string of the molecule is COc1ccc(-c2cc(CCCCl)on2)c(Br)c1. The first-order valence-electron chi connectivity index (χ1n) is 5.60. The van der Waals surface area contributed by atoms with Crippen LogP contribution < -0.4 is 4.74 Å². The maximum atomic E-state index is 5.65. The number of rotatable bonds is 5. The predicted octanol–water partition coefficient (Wildman–Crippen LogP) is 4.28. The Morgan fingerprint density at radius 2 is 2.22 bits per heavy atom. The molecule has 1 aromatic carbocycles. The van der Waals surface area contributed by atoms with Crippen LogP contribution in [0.3, 0.4) is 0 Å². The first kappa shape index (κ1) is 13.4. The van der Waals surface area contributed by atoms with Crippen LogP contribution in [-0.4, -0.2) is 18.1 Å². The third-order valence-electron chi connectivity index (χ3n) is 2.57. The zero-order valence-corrected chi connectivity index (χ0v) is 12.3. The Morgan fingerprint density at radius 3 is 2.89 bits per heavy atom. The fourth-order valence-corrected chi connectivity index (χ4v) is 2.32. The van der Waals surface area contributed by atoms with Gasteiger partial charge in [0.1, 0.15) is 17.2 Å². The molecule has 0 radical (unpaired) electrons. The Balaban J connectivity index is 2.23. The first-order chi connectivity index (χ1) is 8.74. The zero-order chi connectivity index (χ0) is 13.0. The molecule has 5 heteroatoms. The van der Waals surface area contributed by atoms with E-state index < -0.39 is 0 Å². The summed E-state index contributed by atoms with van der Waals surface area (Å²) in [5.41, 5.74) is 1.80. The van der Waals surface area contributed by atoms with Gasteiger partial charge in [-0.25, -0.2) is 0 Å². The third kappa shape index (κ3) is 3.06. The number of ether oxygens (including phenoxy) is 1. The van der Waals surface area contributed by atoms with Crippen molar-refractivity contribution in [1.82, 2.24) is 5.16 Å². The molecule has 0 N–H and O–H groups in total. The van der Waals surface area contributed by atoms with Crippen molar-refractivity contribution in [2.24, 2.45) is 0 Å². The lowest BCUT2D eigenvalue weighted by Crippen LogP contribution is -1.85. The zero-order valence-electron chi connectivity index (χ0n) is 9.95. The van der Waals surface area contributed by atoms with Gasteiger partial charge >= 0.3 is 0 Å². The maximum Gasteiger partial charge on any atom is 0.137 e. The monoisotopic (exact) mass is 329 g/mol. The molecular weight excluding hydrogens is 318 g/mol. The lowest BCUT2D eigenvalue weighted by atomic mass is 10.1. The second-order valence-electron chi connectivity index (χ2n) is 3.82. The minimum absolute atomic E-state index is 0.627. The van der Waals surface area contributed by atoms with Gasteiger partial charge in [0.05, 0.1) is 7.11 Å². The van der Waals surface area contributed by atoms with Gasteiger partial charge in [-0.2, -0.15) is 0 Å². The number of nitrogens with zero attached hydrogens (tertiary/aromatic N) is 1. The van der Waals surface area contributed by atoms with Gasteiger partial charge in [0.2, 0.25) is 0 Å². The fourth-order valence-electron chi connectivity index (χ4n) is 1.63. The van der Waals surface area contributed by atoms with Crippen molar-refractivity contribution in [3.63, 3.8) is 0 Å². The summed E-state index contributed by atoms with van der Waals surface area (Å²) in [6.45, 7) is 0. The molecule has 0 fully saturated rings. The summed E-state index contributed by atoms with van der Waals surface area (Å²) in [6.07, 6.45) is 1.70. The number of aromatic nitrogens is 1. The molecule has 1 aromatic heterocycles. The van der Waals surface area contributed by atoms with E-state index >= 15 is 0 Å². The molecule has 0 saturated carbocycles. The molecule has 2 aromatic rings. The van der Waals surface area contributed by atoms with Gasteiger partial charge in [-0.15, -0.1) is 11.6 Å². The van der Waals surface area contributed by atoms with Gasteiger partial charge in [0.25, 0.3) is 0 Å². The molecule has 0 saturated heterocycles. The van der Waals surface area contributed by atoms with Gasteiger partial charge in [0.15, 0.2) is 0 Å². The normalized spacial score (nSPS) is 10.6. The van der Waals surface area contributed by atoms with Gasteiger partial charge in [-0.05, 0) is 40.5 Å². The lowest BCUT2D eigenvalue weighted by Gasteiger charge is -2.03. The van der Waals surface area contributed by atoms with Crippen LogP contribution >= 0.6 is 27.5 Å². The van der Waals surface area contributed by atoms with Crippen LogP contribution in [0.1, 0.15) is 12.2 Å². The highest BCUT2D eigenvalue weighted by Gasteiger charge is 2.10. The van der Waals surface area contributed by atoms with E-state index in [-0.39, 0.29) is 0 Å². The Hall–Kier alpha value is -1.00. The molecule has 0 spiro atoms. The smallest absolute Gasteiger partial charge is 0.137 e. The summed E-state index contributed by atoms with van der Waals surface area (Å²) < 4.78 is 11.4. The predicted molar refractivity (Wildman–Crippen MR) is 75.2 cm³/mol. The van der Waals surface area contributed by atoms with Crippen molar-refractivity contribution in [3.8, 4) is 17.0 Å². The highest BCUT2D eigenvalue weighted by atomic mass is 79.9. The maximum absolute atomic E-state index is 5.65. The molecule has 3 nitrogen and oxygen atoms in total. The average Bonchev–Trinajstić information content (AvgIpc) is 2.84. The molecule has 2 rings (SSSR count). The van der Waals surface area contributed by atoms with Crippen molar-refractivity contribution >= 4 is 27.5 Å². The van der Waals surface area contributed by atoms with E-state index in [2.05, 4.69) is 21.1 Å². The van der Waals surface area contributed by atoms with Crippen LogP contribution in [0.5, 0.6) is 5.75 Å². The topological polar surface area (TPSA) is 35.3 Å². The Labute approximate surface area is 119 Å². The molecule has 18 heavy (non-hydrogen) atoms. The van der Waals surface area contributed by atoms with Crippen LogP contribution in [0.2, 0.25) is 0 Å². The average molecular weight is 331 g/mol. The molecule has 0 unspecified atom stereocenters. The number of alkyl halides is 1. The number of hydrogen-bond donors (Lipinski definition) is 0. The van der Waals surface area contributed by atoms with Crippen molar-refractivity contribution in [2.45, 2.75) is 12.8 Å². The Kier molecular flexibility index (Phi) is 4.66. The number of methoxy groups -OCH3 is 1. The highest BCUT2D eigenvalue weighted by molar-refractivity contribution is 9.10. The molecule has 0 aliphatic carbocycles. The second-order valence-corrected chi connectivity index (χ2v) is 5.05. The van der Waals surface area contributed by atoms with Crippen molar-refractivity contribution < 1.29 is 9.26 Å². The van der Waals surface area contributed by atoms with Crippen LogP contribution in [0.15, 0.2) is 33.3 Å². The molecule has 0 aliphatic rings. The minimum atomic E-state index is 0.627. The summed E-state index contributed by atoms with van der Waals surface area (Å²) in [5, 5.41) is 4.07. The Morgan fingerprint density at radius 1 is 1.39 bits per heavy atom. The lowest BCUT2D eigenvalue weighted by molar-refractivity contribution is 0.384. The molecule has 1 heterocycles. The van der Waals surface area contributed by atoms with Gasteiger partial charge < -0.3 is 9.26 Å². The van der Waals surface area contributed by atoms with E-state index in [1.165, 1.54) is 0 Å². The summed E-state index contributed by atoms with van der Waals surface area (Å²) in [5.74, 6) is 2.28. The van der Waals surface area contributed by atoms with Crippen LogP contribution in [0.4, 0.5) is 0 Å². The summed E-state index contributed by atoms with van der Waals surface area (Å²) in [6, 6.07) is 7.70. The van der Waals surface area contributed by atoms with Crippen LogP contribution in [0.25, 0.3) is 11.3 Å². The fraction of sp³-hybridized carbons (Fsp3) is 0.308. The van der Waals surface area contributed by atoms with E-state index in [1.54, 1.807) is 7.11 Å². The van der Waals surface area contributed by atoms with Gasteiger partial charge in [-0.1, -0.05) is 5.16 Å². The standard InChI is InChI=1S/C13H13BrClNO2/c1-17-9-4-5-11(12(14)7-9)13-8-10(18-16-13)3-2-6-15/h4-5,7-8H,2-3,6H2,1H3. The Bertz CT molecular complexity index is 527. The molecule has 0 aliphatic heterocycles. The summed E-state index contributed by atoms with van der Waals surface area (Å²) >= 11 is 9.15. The number of halogens is 2. The molecule has 0 bridgehead atoms. The van der Waals surface area contributed by atoms with Crippen molar-refractivity contribution in [3.05, 3.63) is 34.5 Å². The molecule has 96 valence electrons. The minimum Gasteiger partial charge on any atom is -0.497 e. The van der Waals surface area contributed by atoms with E-state index in [4.69, 9.17) is 20.9 Å². The summed E-state index contributed by atoms with van der Waals surface area (Å²) in [7, 11) is 1.64. The second kappa shape index (κ2) is 6.25. The quantitative estimate of drug-likeness (QED) is 0.767. The number of hydrogen-bond acceptors (Lipinski definition) is 3. The highest BCUT2D eigenvalue weighted by Crippen LogP contribution is 2.31. The number of aryl methyl sites for hydroxylation is 1. The van der Waals surface area contributed by atoms with E-state index in [0.29, 0.717) is 5.88 Å². The van der Waals surface area contributed by atoms with E-state index in [0.717, 1.165) is 40.1 Å². The van der Waals surface area contributed by atoms with Crippen molar-refractivity contribution in [2.75, 3.05) is 13.0 Å². The molecule has 0 amide bonds. The van der Waals surface area contributed by atoms with Crippen LogP contribution in [0, 0.1) is 0 Å². The number of benzene rings is 1. The van der Waals surface area contributed by atoms with Gasteiger partial charge in [-0.3, -0.25) is 0 Å². The van der Waals surface area contributed by atoms with E-state index in [9.17, 15) is 0 Å². The van der Waals surface area contributed by atoms with Crippen molar-refractivity contribution in [1.29, 1.82) is 0 Å². The van der Waals surface area contributed by atoms with E-state index in [1.807, 2.05) is 24.3 Å².